The molecule has 0 aliphatic carbocycles. The normalized spacial score (nSPS) is 11.0. The highest BCUT2D eigenvalue weighted by Gasteiger charge is 2.16. The number of rotatable bonds is 4. The second-order valence-corrected chi connectivity index (χ2v) is 6.62. The smallest absolute Gasteiger partial charge is 0.336 e. The van der Waals surface area contributed by atoms with Gasteiger partial charge in [0.2, 0.25) is 0 Å². The third-order valence-electron chi connectivity index (χ3n) is 2.92. The molecule has 0 atom stereocenters. The van der Waals surface area contributed by atoms with Crippen LogP contribution in [0.3, 0.4) is 0 Å². The highest BCUT2D eigenvalue weighted by atomic mass is 32.2. The Labute approximate surface area is 127 Å². The number of benzene rings is 2. The molecule has 0 heterocycles. The fourth-order valence-corrected chi connectivity index (χ4v) is 2.54. The van der Waals surface area contributed by atoms with Crippen molar-refractivity contribution in [1.82, 2.24) is 0 Å². The van der Waals surface area contributed by atoms with Crippen molar-refractivity contribution < 1.29 is 23.1 Å². The summed E-state index contributed by atoms with van der Waals surface area (Å²) in [6.45, 7) is 0. The highest BCUT2D eigenvalue weighted by Crippen LogP contribution is 2.17. The molecule has 0 saturated heterocycles. The number of nitrogens with one attached hydrogen (secondary N) is 1. The molecule has 0 fully saturated rings. The van der Waals surface area contributed by atoms with E-state index in [-0.39, 0.29) is 21.7 Å². The Kier molecular flexibility index (Phi) is 4.27. The molecule has 2 aromatic rings. The number of amides is 1. The first-order valence-corrected chi connectivity index (χ1v) is 8.12. The number of carboxylic acid groups (broad SMARTS) is 1. The number of anilines is 1. The van der Waals surface area contributed by atoms with Crippen LogP contribution in [0.5, 0.6) is 0 Å². The molecule has 0 radical (unpaired) electrons. The van der Waals surface area contributed by atoms with Gasteiger partial charge in [-0.05, 0) is 30.3 Å². The Balaban J connectivity index is 2.33. The van der Waals surface area contributed by atoms with E-state index >= 15 is 0 Å². The van der Waals surface area contributed by atoms with E-state index in [1.165, 1.54) is 42.5 Å². The second-order valence-electron chi connectivity index (χ2n) is 4.60. The van der Waals surface area contributed by atoms with E-state index < -0.39 is 21.7 Å². The maximum absolute atomic E-state index is 12.2. The van der Waals surface area contributed by atoms with Crippen LogP contribution >= 0.6 is 0 Å². The van der Waals surface area contributed by atoms with Gasteiger partial charge in [0.15, 0.2) is 9.84 Å². The molecule has 114 valence electrons. The summed E-state index contributed by atoms with van der Waals surface area (Å²) >= 11 is 0. The van der Waals surface area contributed by atoms with Gasteiger partial charge in [0.25, 0.3) is 5.91 Å². The minimum absolute atomic E-state index is 0.000223. The summed E-state index contributed by atoms with van der Waals surface area (Å²) in [4.78, 5) is 23.3. The lowest BCUT2D eigenvalue weighted by atomic mass is 10.1. The molecule has 1 amide bonds. The van der Waals surface area contributed by atoms with Crippen LogP contribution in [-0.2, 0) is 9.84 Å². The number of hydrogen-bond acceptors (Lipinski definition) is 4. The number of carboxylic acids is 1. The molecule has 2 N–H and O–H groups in total. The lowest BCUT2D eigenvalue weighted by Gasteiger charge is -2.08. The Morgan fingerprint density at radius 2 is 1.64 bits per heavy atom. The third-order valence-corrected chi connectivity index (χ3v) is 4.03. The van der Waals surface area contributed by atoms with E-state index in [9.17, 15) is 18.0 Å². The minimum atomic E-state index is -3.39. The standard InChI is InChI=1S/C15H13NO5S/c1-22(20,21)11-6-4-5-10(9-11)16-14(17)12-7-2-3-8-13(12)15(18)19/h2-9H,1H3,(H,16,17)(H,18,19). The van der Waals surface area contributed by atoms with Crippen LogP contribution in [0.4, 0.5) is 5.69 Å². The summed E-state index contributed by atoms with van der Waals surface area (Å²) in [6.07, 6.45) is 1.06. The second kappa shape index (κ2) is 5.98. The molecule has 0 saturated carbocycles. The van der Waals surface area contributed by atoms with Crippen LogP contribution in [0.15, 0.2) is 53.4 Å². The first-order chi connectivity index (χ1) is 10.3. The highest BCUT2D eigenvalue weighted by molar-refractivity contribution is 7.90. The molecule has 2 rings (SSSR count). The van der Waals surface area contributed by atoms with Crippen LogP contribution in [0.1, 0.15) is 20.7 Å². The van der Waals surface area contributed by atoms with E-state index in [2.05, 4.69) is 5.32 Å². The molecule has 0 unspecified atom stereocenters. The number of carbonyl (C=O) groups excluding carboxylic acids is 1. The van der Waals surface area contributed by atoms with Crippen LogP contribution in [0.2, 0.25) is 0 Å². The predicted octanol–water partition coefficient (Wildman–Crippen LogP) is 2.04. The minimum Gasteiger partial charge on any atom is -0.478 e. The van der Waals surface area contributed by atoms with Crippen LogP contribution in [-0.4, -0.2) is 31.7 Å². The van der Waals surface area contributed by atoms with Crippen molar-refractivity contribution in [2.75, 3.05) is 11.6 Å². The van der Waals surface area contributed by atoms with E-state index in [1.807, 2.05) is 0 Å². The van der Waals surface area contributed by atoms with Gasteiger partial charge in [-0.2, -0.15) is 0 Å². The zero-order valence-electron chi connectivity index (χ0n) is 11.6. The van der Waals surface area contributed by atoms with E-state index in [1.54, 1.807) is 6.07 Å². The monoisotopic (exact) mass is 319 g/mol. The van der Waals surface area contributed by atoms with Gasteiger partial charge in [0, 0.05) is 11.9 Å². The zero-order chi connectivity index (χ0) is 16.3. The van der Waals surface area contributed by atoms with E-state index in [4.69, 9.17) is 5.11 Å². The van der Waals surface area contributed by atoms with Crippen molar-refractivity contribution >= 4 is 27.4 Å². The summed E-state index contributed by atoms with van der Waals surface area (Å²) in [7, 11) is -3.39. The van der Waals surface area contributed by atoms with Crippen LogP contribution in [0.25, 0.3) is 0 Å². The summed E-state index contributed by atoms with van der Waals surface area (Å²) in [6, 6.07) is 11.5. The third kappa shape index (κ3) is 3.50. The van der Waals surface area contributed by atoms with Gasteiger partial charge in [-0.15, -0.1) is 0 Å². The SMILES string of the molecule is CS(=O)(=O)c1cccc(NC(=O)c2ccccc2C(=O)O)c1. The first-order valence-electron chi connectivity index (χ1n) is 6.23. The number of carbonyl (C=O) groups is 2. The number of hydrogen-bond donors (Lipinski definition) is 2. The van der Waals surface area contributed by atoms with Crippen LogP contribution < -0.4 is 5.32 Å². The van der Waals surface area contributed by atoms with Gasteiger partial charge >= 0.3 is 5.97 Å². The molecule has 0 spiro atoms. The molecule has 0 bridgehead atoms. The summed E-state index contributed by atoms with van der Waals surface area (Å²) in [5, 5.41) is 11.6. The average Bonchev–Trinajstić information content (AvgIpc) is 2.46. The van der Waals surface area contributed by atoms with E-state index in [0.717, 1.165) is 6.26 Å². The average molecular weight is 319 g/mol. The van der Waals surface area contributed by atoms with Crippen molar-refractivity contribution in [2.45, 2.75) is 4.90 Å². The molecule has 0 aromatic heterocycles. The Bertz CT molecular complexity index is 843. The lowest BCUT2D eigenvalue weighted by molar-refractivity contribution is 0.0692. The predicted molar refractivity (Wildman–Crippen MR) is 80.9 cm³/mol. The lowest BCUT2D eigenvalue weighted by Crippen LogP contribution is -2.16. The quantitative estimate of drug-likeness (QED) is 0.898. The molecular weight excluding hydrogens is 306 g/mol. The fourth-order valence-electron chi connectivity index (χ4n) is 1.87. The topological polar surface area (TPSA) is 101 Å². The fraction of sp³-hybridized carbons (Fsp3) is 0.0667. The Hall–Kier alpha value is -2.67. The molecule has 0 aliphatic rings. The molecule has 0 aliphatic heterocycles. The van der Waals surface area contributed by atoms with Crippen molar-refractivity contribution in [2.24, 2.45) is 0 Å². The number of sulfone groups is 1. The zero-order valence-corrected chi connectivity index (χ0v) is 12.4. The van der Waals surface area contributed by atoms with Gasteiger partial charge in [-0.3, -0.25) is 4.79 Å². The molecule has 22 heavy (non-hydrogen) atoms. The Morgan fingerprint density at radius 3 is 2.23 bits per heavy atom. The van der Waals surface area contributed by atoms with Crippen LogP contribution in [0, 0.1) is 0 Å². The van der Waals surface area contributed by atoms with Gasteiger partial charge in [-0.25, -0.2) is 13.2 Å². The largest absolute Gasteiger partial charge is 0.478 e. The number of aromatic carboxylic acids is 1. The van der Waals surface area contributed by atoms with E-state index in [0.29, 0.717) is 0 Å². The first kappa shape index (κ1) is 15.7. The summed E-state index contributed by atoms with van der Waals surface area (Å²) in [5.41, 5.74) is 0.146. The maximum Gasteiger partial charge on any atom is 0.336 e. The molecular formula is C15H13NO5S. The van der Waals surface area contributed by atoms with Gasteiger partial charge in [0.1, 0.15) is 0 Å². The molecule has 7 heteroatoms. The molecule has 6 nitrogen and oxygen atoms in total. The Morgan fingerprint density at radius 1 is 1.00 bits per heavy atom. The maximum atomic E-state index is 12.2. The molecule has 2 aromatic carbocycles. The van der Waals surface area contributed by atoms with Gasteiger partial charge in [0.05, 0.1) is 16.0 Å². The van der Waals surface area contributed by atoms with Crippen molar-refractivity contribution in [3.8, 4) is 0 Å². The summed E-state index contributed by atoms with van der Waals surface area (Å²) in [5.74, 6) is -1.83. The van der Waals surface area contributed by atoms with Crippen molar-refractivity contribution in [1.29, 1.82) is 0 Å². The summed E-state index contributed by atoms with van der Waals surface area (Å²) < 4.78 is 23.0. The van der Waals surface area contributed by atoms with Crippen molar-refractivity contribution in [3.05, 3.63) is 59.7 Å². The van der Waals surface area contributed by atoms with Gasteiger partial charge < -0.3 is 10.4 Å². The van der Waals surface area contributed by atoms with Gasteiger partial charge in [-0.1, -0.05) is 18.2 Å². The van der Waals surface area contributed by atoms with Crippen molar-refractivity contribution in [3.63, 3.8) is 0 Å².